The lowest BCUT2D eigenvalue weighted by Crippen LogP contribution is -2.33. The fourth-order valence-corrected chi connectivity index (χ4v) is 4.34. The van der Waals surface area contributed by atoms with Crippen LogP contribution in [0.3, 0.4) is 0 Å². The molecular weight excluding hydrogens is 434 g/mol. The number of aromatic nitrogens is 3. The number of thioether (sulfide) groups is 1. The normalized spacial score (nSPS) is 12.9. The molecule has 0 aliphatic carbocycles. The highest BCUT2D eigenvalue weighted by molar-refractivity contribution is 7.99. The van der Waals surface area contributed by atoms with Crippen LogP contribution in [0.1, 0.15) is 61.5 Å². The number of carbonyl (C=O) groups excluding carboxylic acids is 2. The summed E-state index contributed by atoms with van der Waals surface area (Å²) in [5.74, 6) is 0.819. The van der Waals surface area contributed by atoms with Crippen LogP contribution in [0.25, 0.3) is 0 Å². The summed E-state index contributed by atoms with van der Waals surface area (Å²) in [5, 5.41) is 15.5. The Hall–Kier alpha value is -3.13. The lowest BCUT2D eigenvalue weighted by atomic mass is 10.0. The minimum Gasteiger partial charge on any atom is -0.349 e. The molecule has 2 amide bonds. The number of amides is 2. The van der Waals surface area contributed by atoms with Crippen molar-refractivity contribution < 1.29 is 9.59 Å². The van der Waals surface area contributed by atoms with Crippen molar-refractivity contribution in [2.24, 2.45) is 5.92 Å². The summed E-state index contributed by atoms with van der Waals surface area (Å²) in [5.41, 5.74) is 1.66. The van der Waals surface area contributed by atoms with E-state index in [4.69, 9.17) is 0 Å². The Kier molecular flexibility index (Phi) is 8.65. The van der Waals surface area contributed by atoms with Crippen LogP contribution in [0.15, 0.2) is 65.8 Å². The molecular formula is C25H31N5O2S. The molecule has 33 heavy (non-hydrogen) atoms. The summed E-state index contributed by atoms with van der Waals surface area (Å²) in [6.07, 6.45) is 0. The molecule has 0 aliphatic heterocycles. The highest BCUT2D eigenvalue weighted by atomic mass is 32.2. The first kappa shape index (κ1) is 24.5. The van der Waals surface area contributed by atoms with Crippen LogP contribution in [0.5, 0.6) is 0 Å². The van der Waals surface area contributed by atoms with Crippen molar-refractivity contribution in [2.45, 2.75) is 51.5 Å². The van der Waals surface area contributed by atoms with E-state index >= 15 is 0 Å². The fraction of sp³-hybridized carbons (Fsp3) is 0.360. The molecule has 2 N–H and O–H groups in total. The molecule has 3 aromatic rings. The second kappa shape index (κ2) is 11.7. The largest absolute Gasteiger partial charge is 0.349 e. The maximum absolute atomic E-state index is 12.7. The van der Waals surface area contributed by atoms with Gasteiger partial charge in [0.2, 0.25) is 5.91 Å². The quantitative estimate of drug-likeness (QED) is 0.434. The number of rotatable bonds is 10. The first-order chi connectivity index (χ1) is 15.9. The lowest BCUT2D eigenvalue weighted by molar-refractivity contribution is -0.119. The maximum atomic E-state index is 12.7. The van der Waals surface area contributed by atoms with Crippen LogP contribution in [-0.4, -0.2) is 32.3 Å². The van der Waals surface area contributed by atoms with Crippen LogP contribution in [-0.2, 0) is 11.3 Å². The fourth-order valence-electron chi connectivity index (χ4n) is 3.52. The van der Waals surface area contributed by atoms with Crippen molar-refractivity contribution in [2.75, 3.05) is 5.75 Å². The maximum Gasteiger partial charge on any atom is 0.251 e. The van der Waals surface area contributed by atoms with Gasteiger partial charge in [0.1, 0.15) is 0 Å². The highest BCUT2D eigenvalue weighted by Gasteiger charge is 2.26. The van der Waals surface area contributed by atoms with Crippen LogP contribution in [0.4, 0.5) is 0 Å². The molecule has 8 heteroatoms. The third kappa shape index (κ3) is 6.44. The zero-order valence-corrected chi connectivity index (χ0v) is 20.3. The van der Waals surface area contributed by atoms with Gasteiger partial charge in [-0.15, -0.1) is 10.2 Å². The second-order valence-electron chi connectivity index (χ2n) is 8.13. The van der Waals surface area contributed by atoms with E-state index in [-0.39, 0.29) is 35.6 Å². The molecule has 7 nitrogen and oxygen atoms in total. The molecule has 0 radical (unpaired) electrons. The van der Waals surface area contributed by atoms with Gasteiger partial charge in [-0.2, -0.15) is 0 Å². The summed E-state index contributed by atoms with van der Waals surface area (Å²) >= 11 is 1.35. The summed E-state index contributed by atoms with van der Waals surface area (Å²) in [6, 6.07) is 18.6. The smallest absolute Gasteiger partial charge is 0.251 e. The first-order valence-corrected chi connectivity index (χ1v) is 12.1. The number of nitrogens with one attached hydrogen (secondary N) is 2. The molecule has 0 spiro atoms. The molecule has 0 aliphatic rings. The van der Waals surface area contributed by atoms with Crippen LogP contribution in [0, 0.1) is 5.92 Å². The van der Waals surface area contributed by atoms with Crippen LogP contribution in [0.2, 0.25) is 0 Å². The Bertz CT molecular complexity index is 1050. The van der Waals surface area contributed by atoms with Gasteiger partial charge < -0.3 is 15.2 Å². The number of hydrogen-bond donors (Lipinski definition) is 2. The van der Waals surface area contributed by atoms with E-state index in [1.54, 1.807) is 12.1 Å². The van der Waals surface area contributed by atoms with Gasteiger partial charge in [-0.3, -0.25) is 9.59 Å². The van der Waals surface area contributed by atoms with E-state index in [0.29, 0.717) is 23.1 Å². The monoisotopic (exact) mass is 465 g/mol. The van der Waals surface area contributed by atoms with Gasteiger partial charge in [0.05, 0.1) is 17.8 Å². The minimum atomic E-state index is -0.300. The molecule has 2 aromatic carbocycles. The Morgan fingerprint density at radius 2 is 1.58 bits per heavy atom. The van der Waals surface area contributed by atoms with Crippen molar-refractivity contribution in [1.29, 1.82) is 0 Å². The molecule has 1 aromatic heterocycles. The Morgan fingerprint density at radius 1 is 0.939 bits per heavy atom. The lowest BCUT2D eigenvalue weighted by Gasteiger charge is -2.22. The van der Waals surface area contributed by atoms with Gasteiger partial charge in [-0.25, -0.2) is 0 Å². The second-order valence-corrected chi connectivity index (χ2v) is 9.08. The van der Waals surface area contributed by atoms with E-state index in [9.17, 15) is 9.59 Å². The van der Waals surface area contributed by atoms with Crippen molar-refractivity contribution >= 4 is 23.6 Å². The Balaban J connectivity index is 1.67. The van der Waals surface area contributed by atoms with Crippen molar-refractivity contribution in [3.8, 4) is 0 Å². The van der Waals surface area contributed by atoms with Crippen molar-refractivity contribution in [1.82, 2.24) is 25.4 Å². The topological polar surface area (TPSA) is 88.9 Å². The minimum absolute atomic E-state index is 0.0682. The number of benzene rings is 2. The molecule has 0 saturated heterocycles. The van der Waals surface area contributed by atoms with Gasteiger partial charge in [-0.05, 0) is 37.5 Å². The number of carbonyl (C=O) groups is 2. The van der Waals surface area contributed by atoms with Gasteiger partial charge in [0, 0.05) is 12.1 Å². The van der Waals surface area contributed by atoms with Gasteiger partial charge in [0.15, 0.2) is 11.0 Å². The molecule has 0 saturated carbocycles. The number of hydrogen-bond acceptors (Lipinski definition) is 5. The van der Waals surface area contributed by atoms with Gasteiger partial charge in [-0.1, -0.05) is 74.1 Å². The summed E-state index contributed by atoms with van der Waals surface area (Å²) in [7, 11) is 0. The molecule has 0 fully saturated rings. The van der Waals surface area contributed by atoms with E-state index in [2.05, 4.69) is 20.8 Å². The zero-order chi connectivity index (χ0) is 23.8. The van der Waals surface area contributed by atoms with Crippen molar-refractivity contribution in [3.05, 3.63) is 77.6 Å². The summed E-state index contributed by atoms with van der Waals surface area (Å²) in [6.45, 7) is 8.68. The SMILES string of the molecule is CCn1c(SCC(=O)N[C@H](C)c2ccccc2)nnc1[C@H](NC(=O)c1ccccc1)C(C)C. The summed E-state index contributed by atoms with van der Waals surface area (Å²) < 4.78 is 1.97. The van der Waals surface area contributed by atoms with E-state index < -0.39 is 0 Å². The van der Waals surface area contributed by atoms with Crippen molar-refractivity contribution in [3.63, 3.8) is 0 Å². The molecule has 3 rings (SSSR count). The molecule has 0 bridgehead atoms. The number of nitrogens with zero attached hydrogens (tertiary/aromatic N) is 3. The standard InChI is InChI=1S/C25H31N5O2S/c1-5-30-23(22(17(2)3)27-24(32)20-14-10-7-11-15-20)28-29-25(30)33-16-21(31)26-18(4)19-12-8-6-9-13-19/h6-15,17-18,22H,5,16H2,1-4H3,(H,26,31)(H,27,32)/t18-,22-/m1/s1. The van der Waals surface area contributed by atoms with Gasteiger partial charge in [0.25, 0.3) is 5.91 Å². The highest BCUT2D eigenvalue weighted by Crippen LogP contribution is 2.25. The Morgan fingerprint density at radius 3 is 2.18 bits per heavy atom. The molecule has 2 atom stereocenters. The van der Waals surface area contributed by atoms with E-state index in [0.717, 1.165) is 5.56 Å². The van der Waals surface area contributed by atoms with E-state index in [1.165, 1.54) is 11.8 Å². The average Bonchev–Trinajstić information content (AvgIpc) is 3.24. The van der Waals surface area contributed by atoms with Crippen LogP contribution < -0.4 is 10.6 Å². The average molecular weight is 466 g/mol. The van der Waals surface area contributed by atoms with Crippen LogP contribution >= 0.6 is 11.8 Å². The molecule has 0 unspecified atom stereocenters. The zero-order valence-electron chi connectivity index (χ0n) is 19.5. The Labute approximate surface area is 199 Å². The van der Waals surface area contributed by atoms with E-state index in [1.807, 2.05) is 80.8 Å². The van der Waals surface area contributed by atoms with Gasteiger partial charge >= 0.3 is 0 Å². The molecule has 1 heterocycles. The first-order valence-electron chi connectivity index (χ1n) is 11.2. The molecule has 174 valence electrons. The third-order valence-corrected chi connectivity index (χ3v) is 6.31. The third-order valence-electron chi connectivity index (χ3n) is 5.34. The predicted molar refractivity (Wildman–Crippen MR) is 131 cm³/mol. The summed E-state index contributed by atoms with van der Waals surface area (Å²) in [4.78, 5) is 25.3. The predicted octanol–water partition coefficient (Wildman–Crippen LogP) is 4.39.